The SMILES string of the molecule is [C-]#[N+]c1nn(-c2cc(Cl)c(-n3ncc4c3ccc(=O)n4C3CCS(=O)(=O)CC3)c(Cl)c2)c(=O)[nH]c1=O. The van der Waals surface area contributed by atoms with Crippen LogP contribution >= 0.6 is 23.2 Å². The minimum absolute atomic E-state index is 0.00111. The second-order valence-electron chi connectivity index (χ2n) is 8.12. The first-order valence-corrected chi connectivity index (χ1v) is 13.1. The standard InChI is InChI=1S/C21H15Cl2N7O5S/c1-24-19-20(32)26-21(33)29(27-19)12-8-13(22)18(14(23)9-12)30-15-2-3-17(31)28(16(15)10-25-30)11-4-6-36(34,35)7-5-11/h2-3,8-11H,4-7H2,(H,26,32,33). The monoisotopic (exact) mass is 547 g/mol. The lowest BCUT2D eigenvalue weighted by Crippen LogP contribution is -2.31. The molecule has 0 amide bonds. The Kier molecular flexibility index (Phi) is 5.82. The molecule has 1 saturated heterocycles. The summed E-state index contributed by atoms with van der Waals surface area (Å²) in [5, 5.41) is 8.28. The topological polar surface area (TPSA) is 146 Å². The van der Waals surface area contributed by atoms with Crippen molar-refractivity contribution in [3.05, 3.63) is 83.1 Å². The fraction of sp³-hybridized carbons (Fsp3) is 0.238. The average molecular weight is 548 g/mol. The zero-order chi connectivity index (χ0) is 25.8. The first-order chi connectivity index (χ1) is 17.1. The summed E-state index contributed by atoms with van der Waals surface area (Å²) in [5.74, 6) is -0.528. The largest absolute Gasteiger partial charge is 0.365 e. The molecule has 1 aliphatic heterocycles. The van der Waals surface area contributed by atoms with Crippen molar-refractivity contribution in [1.82, 2.24) is 29.1 Å². The molecule has 184 valence electrons. The molecule has 0 unspecified atom stereocenters. The molecule has 1 N–H and O–H groups in total. The van der Waals surface area contributed by atoms with Crippen LogP contribution in [-0.4, -0.2) is 49.0 Å². The van der Waals surface area contributed by atoms with E-state index in [1.54, 1.807) is 10.6 Å². The summed E-state index contributed by atoms with van der Waals surface area (Å²) in [4.78, 5) is 41.6. The highest BCUT2D eigenvalue weighted by Crippen LogP contribution is 2.34. The third kappa shape index (κ3) is 4.02. The van der Waals surface area contributed by atoms with E-state index in [-0.39, 0.29) is 44.5 Å². The zero-order valence-electron chi connectivity index (χ0n) is 18.2. The molecule has 1 fully saturated rings. The fourth-order valence-electron chi connectivity index (χ4n) is 4.25. The molecule has 0 spiro atoms. The number of rotatable bonds is 3. The minimum Gasteiger partial charge on any atom is -0.354 e. The van der Waals surface area contributed by atoms with Gasteiger partial charge in [-0.25, -0.2) is 17.9 Å². The molecule has 4 heterocycles. The van der Waals surface area contributed by atoms with Gasteiger partial charge < -0.3 is 9.41 Å². The van der Waals surface area contributed by atoms with E-state index in [0.29, 0.717) is 23.9 Å². The van der Waals surface area contributed by atoms with E-state index >= 15 is 0 Å². The van der Waals surface area contributed by atoms with Gasteiger partial charge in [-0.05, 0) is 36.1 Å². The number of benzene rings is 1. The lowest BCUT2D eigenvalue weighted by molar-refractivity contribution is 0.450. The Hall–Kier alpha value is -3.73. The molecule has 5 rings (SSSR count). The van der Waals surface area contributed by atoms with Crippen molar-refractivity contribution in [3.8, 4) is 11.4 Å². The van der Waals surface area contributed by atoms with Crippen LogP contribution in [0.5, 0.6) is 0 Å². The average Bonchev–Trinajstić information content (AvgIpc) is 3.22. The predicted octanol–water partition coefficient (Wildman–Crippen LogP) is 2.03. The summed E-state index contributed by atoms with van der Waals surface area (Å²) in [5.41, 5.74) is -0.705. The molecule has 3 aromatic heterocycles. The molecular weight excluding hydrogens is 533 g/mol. The van der Waals surface area contributed by atoms with E-state index < -0.39 is 26.9 Å². The normalized spacial score (nSPS) is 15.7. The molecule has 0 aliphatic carbocycles. The summed E-state index contributed by atoms with van der Waals surface area (Å²) >= 11 is 13.1. The van der Waals surface area contributed by atoms with Gasteiger partial charge in [0.2, 0.25) is 0 Å². The van der Waals surface area contributed by atoms with Gasteiger partial charge in [-0.15, -0.1) is 4.68 Å². The predicted molar refractivity (Wildman–Crippen MR) is 133 cm³/mol. The first-order valence-electron chi connectivity index (χ1n) is 10.5. The number of aromatic nitrogens is 6. The van der Waals surface area contributed by atoms with Crippen LogP contribution in [0.1, 0.15) is 18.9 Å². The summed E-state index contributed by atoms with van der Waals surface area (Å²) < 4.78 is 27.5. The van der Waals surface area contributed by atoms with Gasteiger partial charge in [0, 0.05) is 12.1 Å². The maximum absolute atomic E-state index is 12.7. The summed E-state index contributed by atoms with van der Waals surface area (Å²) in [6.07, 6.45) is 2.11. The lowest BCUT2D eigenvalue weighted by atomic mass is 10.1. The lowest BCUT2D eigenvalue weighted by Gasteiger charge is -2.24. The molecule has 4 aromatic rings. The number of nitrogens with one attached hydrogen (secondary N) is 1. The quantitative estimate of drug-likeness (QED) is 0.386. The van der Waals surface area contributed by atoms with Crippen molar-refractivity contribution in [2.75, 3.05) is 11.5 Å². The molecule has 1 aromatic carbocycles. The Morgan fingerprint density at radius 2 is 1.69 bits per heavy atom. The van der Waals surface area contributed by atoms with E-state index in [9.17, 15) is 22.8 Å². The van der Waals surface area contributed by atoms with Crippen LogP contribution in [0.25, 0.3) is 27.3 Å². The van der Waals surface area contributed by atoms with E-state index in [4.69, 9.17) is 29.8 Å². The van der Waals surface area contributed by atoms with Crippen LogP contribution in [-0.2, 0) is 9.84 Å². The van der Waals surface area contributed by atoms with Crippen LogP contribution in [0, 0.1) is 6.57 Å². The number of pyridine rings is 1. The summed E-state index contributed by atoms with van der Waals surface area (Å²) in [6.45, 7) is 7.04. The van der Waals surface area contributed by atoms with Gasteiger partial charge in [0.25, 0.3) is 11.1 Å². The zero-order valence-corrected chi connectivity index (χ0v) is 20.5. The van der Waals surface area contributed by atoms with Crippen LogP contribution in [0.4, 0.5) is 5.82 Å². The maximum atomic E-state index is 12.7. The van der Waals surface area contributed by atoms with Crippen LogP contribution in [0.3, 0.4) is 0 Å². The van der Waals surface area contributed by atoms with Gasteiger partial charge in [-0.2, -0.15) is 5.10 Å². The second-order valence-corrected chi connectivity index (χ2v) is 11.2. The number of hydrogen-bond donors (Lipinski definition) is 1. The molecule has 0 radical (unpaired) electrons. The minimum atomic E-state index is -3.11. The van der Waals surface area contributed by atoms with E-state index in [1.165, 1.54) is 29.1 Å². The Balaban J connectivity index is 1.63. The van der Waals surface area contributed by atoms with Gasteiger partial charge in [0.05, 0.1) is 44.5 Å². The van der Waals surface area contributed by atoms with Crippen molar-refractivity contribution >= 4 is 49.9 Å². The van der Waals surface area contributed by atoms with E-state index in [1.807, 2.05) is 4.98 Å². The fourth-order valence-corrected chi connectivity index (χ4v) is 6.35. The third-order valence-corrected chi connectivity index (χ3v) is 8.22. The van der Waals surface area contributed by atoms with Crippen LogP contribution < -0.4 is 16.8 Å². The summed E-state index contributed by atoms with van der Waals surface area (Å²) in [7, 11) is -3.11. The first kappa shape index (κ1) is 24.0. The Bertz CT molecular complexity index is 1840. The molecular formula is C21H15Cl2N7O5S. The van der Waals surface area contributed by atoms with Crippen LogP contribution in [0.15, 0.2) is 44.8 Å². The number of halogens is 2. The van der Waals surface area contributed by atoms with Crippen molar-refractivity contribution < 1.29 is 8.42 Å². The molecule has 12 nitrogen and oxygen atoms in total. The number of H-pyrrole nitrogens is 1. The van der Waals surface area contributed by atoms with Crippen LogP contribution in [0.2, 0.25) is 10.0 Å². The molecule has 36 heavy (non-hydrogen) atoms. The van der Waals surface area contributed by atoms with Gasteiger partial charge >= 0.3 is 11.5 Å². The number of hydrogen-bond acceptors (Lipinski definition) is 7. The van der Waals surface area contributed by atoms with E-state index in [2.05, 4.69) is 15.0 Å². The Morgan fingerprint density at radius 3 is 2.33 bits per heavy atom. The van der Waals surface area contributed by atoms with Crippen molar-refractivity contribution in [3.63, 3.8) is 0 Å². The smallest absolute Gasteiger partial charge is 0.354 e. The third-order valence-electron chi connectivity index (χ3n) is 5.93. The highest BCUT2D eigenvalue weighted by atomic mass is 35.5. The second kappa shape index (κ2) is 8.74. The summed E-state index contributed by atoms with van der Waals surface area (Å²) in [6, 6.07) is 5.38. The molecule has 15 heteroatoms. The van der Waals surface area contributed by atoms with Crippen molar-refractivity contribution in [2.24, 2.45) is 0 Å². The Labute approximate surface area is 212 Å². The molecule has 0 saturated carbocycles. The molecule has 0 atom stereocenters. The van der Waals surface area contributed by atoms with Crippen molar-refractivity contribution in [1.29, 1.82) is 0 Å². The molecule has 1 aliphatic rings. The number of sulfone groups is 1. The number of nitrogens with zero attached hydrogens (tertiary/aromatic N) is 6. The van der Waals surface area contributed by atoms with Gasteiger partial charge in [0.15, 0.2) is 0 Å². The van der Waals surface area contributed by atoms with E-state index in [0.717, 1.165) is 4.68 Å². The van der Waals surface area contributed by atoms with Gasteiger partial charge in [-0.3, -0.25) is 14.6 Å². The van der Waals surface area contributed by atoms with Gasteiger partial charge in [-0.1, -0.05) is 29.8 Å². The maximum Gasteiger partial charge on any atom is 0.365 e. The highest BCUT2D eigenvalue weighted by molar-refractivity contribution is 7.91. The highest BCUT2D eigenvalue weighted by Gasteiger charge is 2.27. The Morgan fingerprint density at radius 1 is 1.03 bits per heavy atom. The number of fused-ring (bicyclic) bond motifs is 1. The van der Waals surface area contributed by atoms with Crippen molar-refractivity contribution in [2.45, 2.75) is 18.9 Å². The van der Waals surface area contributed by atoms with Gasteiger partial charge in [0.1, 0.15) is 15.5 Å². The number of aromatic amines is 1. The molecule has 0 bridgehead atoms.